The van der Waals surface area contributed by atoms with Gasteiger partial charge in [-0.3, -0.25) is 14.5 Å². The summed E-state index contributed by atoms with van der Waals surface area (Å²) in [5.74, 6) is 0.105. The van der Waals surface area contributed by atoms with Gasteiger partial charge in [-0.25, -0.2) is 0 Å². The van der Waals surface area contributed by atoms with Gasteiger partial charge in [0.25, 0.3) is 0 Å². The number of likely N-dealkylation sites (tertiary alicyclic amines) is 3. The van der Waals surface area contributed by atoms with Gasteiger partial charge in [-0.2, -0.15) is 0 Å². The summed E-state index contributed by atoms with van der Waals surface area (Å²) in [5.41, 5.74) is 1.10. The van der Waals surface area contributed by atoms with Gasteiger partial charge in [0, 0.05) is 44.1 Å². The largest absolute Gasteiger partial charge is 0.481 e. The van der Waals surface area contributed by atoms with E-state index in [1.165, 1.54) is 37.7 Å². The number of hydrogen-bond acceptors (Lipinski definition) is 4. The van der Waals surface area contributed by atoms with Gasteiger partial charge in [-0.15, -0.1) is 0 Å². The van der Waals surface area contributed by atoms with E-state index in [1.54, 1.807) is 0 Å². The van der Waals surface area contributed by atoms with Crippen LogP contribution in [0.15, 0.2) is 18.2 Å². The lowest BCUT2D eigenvalue weighted by molar-refractivity contribution is -0.144. The Balaban J connectivity index is 1.23. The number of carboxylic acid groups (broad SMARTS) is 1. The van der Waals surface area contributed by atoms with Crippen LogP contribution in [0.4, 0.5) is 0 Å². The molecule has 1 aromatic rings. The topological polar surface area (TPSA) is 64.1 Å². The van der Waals surface area contributed by atoms with Gasteiger partial charge in [0.1, 0.15) is 0 Å². The Morgan fingerprint density at radius 1 is 1.03 bits per heavy atom. The first-order valence-electron chi connectivity index (χ1n) is 14.3. The fourth-order valence-electron chi connectivity index (χ4n) is 7.13. The highest BCUT2D eigenvalue weighted by Crippen LogP contribution is 2.41. The van der Waals surface area contributed by atoms with Crippen molar-refractivity contribution in [2.45, 2.75) is 75.7 Å². The highest BCUT2D eigenvalue weighted by Gasteiger charge is 2.42. The summed E-state index contributed by atoms with van der Waals surface area (Å²) in [5, 5.41) is 10.4. The van der Waals surface area contributed by atoms with Crippen LogP contribution in [0.1, 0.15) is 69.8 Å². The Labute approximate surface area is 231 Å². The number of hydrogen-bond donors (Lipinski definition) is 1. The Kier molecular flexibility index (Phi) is 8.69. The predicted octanol–water partition coefficient (Wildman–Crippen LogP) is 5.30. The molecule has 0 bridgehead atoms. The minimum absolute atomic E-state index is 0.109. The zero-order valence-electron chi connectivity index (χ0n) is 21.8. The second kappa shape index (κ2) is 11.8. The molecule has 1 unspecified atom stereocenters. The normalized spacial score (nSPS) is 27.4. The molecule has 1 atom stereocenters. The summed E-state index contributed by atoms with van der Waals surface area (Å²) in [6, 6.07) is 6.59. The summed E-state index contributed by atoms with van der Waals surface area (Å²) < 4.78 is 0. The summed E-state index contributed by atoms with van der Waals surface area (Å²) in [4.78, 5) is 31.5. The molecule has 3 heterocycles. The molecule has 1 amide bonds. The highest BCUT2D eigenvalue weighted by atomic mass is 35.5. The Morgan fingerprint density at radius 2 is 1.76 bits per heavy atom. The van der Waals surface area contributed by atoms with Gasteiger partial charge < -0.3 is 14.9 Å². The van der Waals surface area contributed by atoms with E-state index in [1.807, 2.05) is 12.1 Å². The van der Waals surface area contributed by atoms with Crippen molar-refractivity contribution in [2.75, 3.05) is 45.8 Å². The molecule has 1 N–H and O–H groups in total. The number of nitrogens with zero attached hydrogens (tertiary/aromatic N) is 3. The first-order chi connectivity index (χ1) is 17.8. The van der Waals surface area contributed by atoms with Gasteiger partial charge in [0.2, 0.25) is 5.91 Å². The lowest BCUT2D eigenvalue weighted by Gasteiger charge is -2.50. The van der Waals surface area contributed by atoms with Crippen molar-refractivity contribution < 1.29 is 14.7 Å². The standard InChI is InChI=1S/C29H41Cl2N3O3/c30-25-7-6-23(16-26(25)31)29(11-8-27(35)34(20-29)17-21-4-2-1-3-5-21)12-15-32-18-24(19-32)33-13-9-22(10-14-33)28(36)37/h6-7,16,21-22,24H,1-5,8-15,17-20H2,(H,36,37). The smallest absolute Gasteiger partial charge is 0.306 e. The van der Waals surface area contributed by atoms with E-state index in [0.29, 0.717) is 34.3 Å². The molecule has 4 aliphatic rings. The van der Waals surface area contributed by atoms with E-state index < -0.39 is 5.97 Å². The van der Waals surface area contributed by atoms with Crippen molar-refractivity contribution in [3.8, 4) is 0 Å². The van der Waals surface area contributed by atoms with Crippen LogP contribution in [0, 0.1) is 11.8 Å². The quantitative estimate of drug-likeness (QED) is 0.476. The van der Waals surface area contributed by atoms with Crippen molar-refractivity contribution in [1.29, 1.82) is 0 Å². The Hall–Kier alpha value is -1.34. The van der Waals surface area contributed by atoms with Gasteiger partial charge in [0.15, 0.2) is 0 Å². The van der Waals surface area contributed by atoms with E-state index in [2.05, 4.69) is 20.8 Å². The number of amides is 1. The number of piperidine rings is 2. The minimum atomic E-state index is -0.647. The third-order valence-electron chi connectivity index (χ3n) is 9.64. The Morgan fingerprint density at radius 3 is 2.43 bits per heavy atom. The third kappa shape index (κ3) is 6.29. The third-order valence-corrected chi connectivity index (χ3v) is 10.4. The number of carbonyl (C=O) groups excluding carboxylic acids is 1. The number of benzene rings is 1. The van der Waals surface area contributed by atoms with Gasteiger partial charge >= 0.3 is 5.97 Å². The van der Waals surface area contributed by atoms with Crippen molar-refractivity contribution in [3.63, 3.8) is 0 Å². The van der Waals surface area contributed by atoms with Crippen LogP contribution in [-0.4, -0.2) is 83.5 Å². The van der Waals surface area contributed by atoms with E-state index in [0.717, 1.165) is 71.5 Å². The lowest BCUT2D eigenvalue weighted by atomic mass is 9.71. The molecule has 4 fully saturated rings. The molecule has 3 aliphatic heterocycles. The average Bonchev–Trinajstić information content (AvgIpc) is 2.87. The zero-order valence-corrected chi connectivity index (χ0v) is 23.4. The monoisotopic (exact) mass is 549 g/mol. The Bertz CT molecular complexity index is 971. The van der Waals surface area contributed by atoms with E-state index >= 15 is 0 Å². The fraction of sp³-hybridized carbons (Fsp3) is 0.724. The molecule has 3 saturated heterocycles. The maximum absolute atomic E-state index is 13.0. The van der Waals surface area contributed by atoms with E-state index in [9.17, 15) is 14.7 Å². The molecule has 8 heteroatoms. The molecule has 204 valence electrons. The minimum Gasteiger partial charge on any atom is -0.481 e. The van der Waals surface area contributed by atoms with Gasteiger partial charge in [-0.1, -0.05) is 48.5 Å². The van der Waals surface area contributed by atoms with Crippen molar-refractivity contribution in [3.05, 3.63) is 33.8 Å². The molecule has 1 aromatic carbocycles. The van der Waals surface area contributed by atoms with Crippen LogP contribution < -0.4 is 0 Å². The molecular formula is C29H41Cl2N3O3. The first kappa shape index (κ1) is 27.2. The van der Waals surface area contributed by atoms with Crippen LogP contribution in [0.3, 0.4) is 0 Å². The van der Waals surface area contributed by atoms with E-state index in [4.69, 9.17) is 23.2 Å². The van der Waals surface area contributed by atoms with Crippen LogP contribution in [0.2, 0.25) is 10.0 Å². The van der Waals surface area contributed by atoms with Crippen LogP contribution in [-0.2, 0) is 15.0 Å². The number of rotatable bonds is 8. The second-order valence-corrected chi connectivity index (χ2v) is 12.8. The molecule has 6 nitrogen and oxygen atoms in total. The van der Waals surface area contributed by atoms with Crippen LogP contribution >= 0.6 is 23.2 Å². The van der Waals surface area contributed by atoms with Crippen LogP contribution in [0.5, 0.6) is 0 Å². The SMILES string of the molecule is O=C(O)C1CCN(C2CN(CCC3(c4ccc(Cl)c(Cl)c4)CCC(=O)N(CC4CCCCC4)C3)C2)CC1. The molecule has 1 saturated carbocycles. The fourth-order valence-corrected chi connectivity index (χ4v) is 7.43. The highest BCUT2D eigenvalue weighted by molar-refractivity contribution is 6.42. The maximum Gasteiger partial charge on any atom is 0.306 e. The van der Waals surface area contributed by atoms with Crippen molar-refractivity contribution in [2.24, 2.45) is 11.8 Å². The number of aliphatic carboxylic acids is 1. The van der Waals surface area contributed by atoms with Gasteiger partial charge in [-0.05, 0) is 81.8 Å². The maximum atomic E-state index is 13.0. The van der Waals surface area contributed by atoms with E-state index in [-0.39, 0.29) is 11.3 Å². The lowest BCUT2D eigenvalue weighted by Crippen LogP contribution is -2.61. The van der Waals surface area contributed by atoms with Crippen LogP contribution in [0.25, 0.3) is 0 Å². The number of carbonyl (C=O) groups is 2. The molecule has 0 radical (unpaired) electrons. The van der Waals surface area contributed by atoms with Gasteiger partial charge in [0.05, 0.1) is 16.0 Å². The summed E-state index contributed by atoms with van der Waals surface area (Å²) in [7, 11) is 0. The average molecular weight is 551 g/mol. The first-order valence-corrected chi connectivity index (χ1v) is 15.0. The second-order valence-electron chi connectivity index (χ2n) is 12.0. The number of halogens is 2. The summed E-state index contributed by atoms with van der Waals surface area (Å²) >= 11 is 12.8. The molecule has 0 spiro atoms. The summed E-state index contributed by atoms with van der Waals surface area (Å²) in [6.07, 6.45) is 10.3. The zero-order chi connectivity index (χ0) is 26.0. The molecule has 5 rings (SSSR count). The van der Waals surface area contributed by atoms with Crippen molar-refractivity contribution in [1.82, 2.24) is 14.7 Å². The molecule has 1 aliphatic carbocycles. The summed E-state index contributed by atoms with van der Waals surface area (Å²) in [6.45, 7) is 6.51. The number of carboxylic acids is 1. The molecule has 37 heavy (non-hydrogen) atoms. The van der Waals surface area contributed by atoms with Crippen molar-refractivity contribution >= 4 is 35.1 Å². The molecule has 0 aromatic heterocycles. The molecular weight excluding hydrogens is 509 g/mol. The predicted molar refractivity (Wildman–Crippen MR) is 147 cm³/mol.